The van der Waals surface area contributed by atoms with Gasteiger partial charge in [-0.05, 0) is 17.7 Å². The van der Waals surface area contributed by atoms with Gasteiger partial charge in [0.1, 0.15) is 0 Å². The summed E-state index contributed by atoms with van der Waals surface area (Å²) < 4.78 is 80.8. The summed E-state index contributed by atoms with van der Waals surface area (Å²) in [4.78, 5) is 16.7. The molecule has 176 valence electrons. The zero-order chi connectivity index (χ0) is 24.5. The minimum absolute atomic E-state index is 0.0801. The minimum Gasteiger partial charge on any atom is -0.348 e. The van der Waals surface area contributed by atoms with Crippen LogP contribution in [0.15, 0.2) is 66.2 Å². The summed E-state index contributed by atoms with van der Waals surface area (Å²) in [5, 5.41) is 7.42. The van der Waals surface area contributed by atoms with Gasteiger partial charge in [-0.3, -0.25) is 4.79 Å². The SMILES string of the molecule is O=C(NCc1cccc(C(F)(F)F)c1)c1cnn(-c2nc(-c3ccccc3)cs2)c1C(F)(F)F. The van der Waals surface area contributed by atoms with E-state index in [9.17, 15) is 31.1 Å². The van der Waals surface area contributed by atoms with Crippen LogP contribution < -0.4 is 5.32 Å². The summed E-state index contributed by atoms with van der Waals surface area (Å²) >= 11 is 0.918. The van der Waals surface area contributed by atoms with Crippen molar-refractivity contribution in [1.29, 1.82) is 0 Å². The van der Waals surface area contributed by atoms with Gasteiger partial charge in [-0.15, -0.1) is 11.3 Å². The molecule has 0 aliphatic heterocycles. The standard InChI is InChI=1S/C22H14F6N4OS/c23-21(24,25)15-8-4-5-13(9-15)10-29-19(33)16-11-30-32(18(16)22(26,27)28)20-31-17(12-34-20)14-6-2-1-3-7-14/h1-9,11-12H,10H2,(H,29,33). The number of carbonyl (C=O) groups excluding carboxylic acids is 1. The van der Waals surface area contributed by atoms with Gasteiger partial charge >= 0.3 is 12.4 Å². The summed E-state index contributed by atoms with van der Waals surface area (Å²) in [5.41, 5.74) is -1.80. The van der Waals surface area contributed by atoms with Crippen LogP contribution in [0.1, 0.15) is 27.2 Å². The van der Waals surface area contributed by atoms with E-state index in [1.54, 1.807) is 35.7 Å². The van der Waals surface area contributed by atoms with Crippen LogP contribution in [-0.2, 0) is 18.9 Å². The molecule has 2 aromatic heterocycles. The van der Waals surface area contributed by atoms with Gasteiger partial charge in [-0.1, -0.05) is 42.5 Å². The van der Waals surface area contributed by atoms with Gasteiger partial charge in [0.25, 0.3) is 5.91 Å². The third-order valence-corrected chi connectivity index (χ3v) is 5.55. The lowest BCUT2D eigenvalue weighted by atomic mass is 10.1. The molecule has 0 atom stereocenters. The average molecular weight is 496 g/mol. The van der Waals surface area contributed by atoms with Crippen LogP contribution >= 0.6 is 11.3 Å². The van der Waals surface area contributed by atoms with Gasteiger partial charge in [0, 0.05) is 17.5 Å². The molecule has 0 unspecified atom stereocenters. The van der Waals surface area contributed by atoms with Gasteiger partial charge in [-0.2, -0.15) is 31.4 Å². The summed E-state index contributed by atoms with van der Waals surface area (Å²) in [6.45, 7) is -0.402. The number of halogens is 6. The Balaban J connectivity index is 1.60. The monoisotopic (exact) mass is 496 g/mol. The van der Waals surface area contributed by atoms with Crippen molar-refractivity contribution < 1.29 is 31.1 Å². The molecule has 0 aliphatic carbocycles. The van der Waals surface area contributed by atoms with Gasteiger partial charge < -0.3 is 5.32 Å². The number of nitrogens with one attached hydrogen (secondary N) is 1. The van der Waals surface area contributed by atoms with Crippen molar-refractivity contribution in [2.24, 2.45) is 0 Å². The molecule has 0 saturated heterocycles. The first-order valence-corrected chi connectivity index (χ1v) is 10.5. The Labute approximate surface area is 192 Å². The number of hydrogen-bond donors (Lipinski definition) is 1. The first-order chi connectivity index (χ1) is 16.0. The van der Waals surface area contributed by atoms with E-state index < -0.39 is 41.6 Å². The number of nitrogens with zero attached hydrogens (tertiary/aromatic N) is 3. The molecular formula is C22H14F6N4OS. The van der Waals surface area contributed by atoms with Crippen molar-refractivity contribution in [3.8, 4) is 16.4 Å². The molecule has 1 amide bonds. The first-order valence-electron chi connectivity index (χ1n) is 9.65. The quantitative estimate of drug-likeness (QED) is 0.347. The fourth-order valence-corrected chi connectivity index (χ4v) is 3.97. The minimum atomic E-state index is -4.95. The predicted octanol–water partition coefficient (Wildman–Crippen LogP) is 5.96. The van der Waals surface area contributed by atoms with Crippen LogP contribution in [0, 0.1) is 0 Å². The molecule has 2 aromatic carbocycles. The van der Waals surface area contributed by atoms with E-state index in [2.05, 4.69) is 15.4 Å². The molecule has 0 saturated carbocycles. The van der Waals surface area contributed by atoms with E-state index in [0.29, 0.717) is 15.9 Å². The lowest BCUT2D eigenvalue weighted by Crippen LogP contribution is -2.26. The summed E-state index contributed by atoms with van der Waals surface area (Å²) in [6.07, 6.45) is -8.78. The van der Waals surface area contributed by atoms with Crippen LogP contribution in [0.3, 0.4) is 0 Å². The number of amides is 1. The van der Waals surface area contributed by atoms with Gasteiger partial charge in [0.2, 0.25) is 5.13 Å². The first kappa shape index (κ1) is 23.5. The Bertz CT molecular complexity index is 1310. The molecule has 0 radical (unpaired) electrons. The molecule has 4 rings (SSSR count). The van der Waals surface area contributed by atoms with E-state index in [0.717, 1.165) is 35.7 Å². The number of alkyl halides is 6. The van der Waals surface area contributed by atoms with Crippen molar-refractivity contribution in [2.45, 2.75) is 18.9 Å². The van der Waals surface area contributed by atoms with E-state index >= 15 is 0 Å². The Kier molecular flexibility index (Phi) is 6.17. The van der Waals surface area contributed by atoms with Crippen molar-refractivity contribution in [3.63, 3.8) is 0 Å². The van der Waals surface area contributed by atoms with Crippen LogP contribution in [0.5, 0.6) is 0 Å². The summed E-state index contributed by atoms with van der Waals surface area (Å²) in [7, 11) is 0. The maximum atomic E-state index is 13.9. The summed E-state index contributed by atoms with van der Waals surface area (Å²) in [6, 6.07) is 13.0. The Morgan fingerprint density at radius 1 is 0.971 bits per heavy atom. The van der Waals surface area contributed by atoms with Gasteiger partial charge in [0.05, 0.1) is 23.0 Å². The average Bonchev–Trinajstić information content (AvgIpc) is 3.45. The molecule has 34 heavy (non-hydrogen) atoms. The molecule has 1 N–H and O–H groups in total. The molecule has 0 spiro atoms. The van der Waals surface area contributed by atoms with Gasteiger partial charge in [0.15, 0.2) is 5.69 Å². The van der Waals surface area contributed by atoms with E-state index in [1.165, 1.54) is 6.07 Å². The molecule has 0 aliphatic rings. The molecule has 2 heterocycles. The van der Waals surface area contributed by atoms with E-state index in [4.69, 9.17) is 0 Å². The highest BCUT2D eigenvalue weighted by Crippen LogP contribution is 2.35. The maximum absolute atomic E-state index is 13.9. The van der Waals surface area contributed by atoms with E-state index in [1.807, 2.05) is 0 Å². The van der Waals surface area contributed by atoms with Crippen molar-refractivity contribution in [2.75, 3.05) is 0 Å². The largest absolute Gasteiger partial charge is 0.434 e. The number of hydrogen-bond acceptors (Lipinski definition) is 4. The van der Waals surface area contributed by atoms with Crippen LogP contribution in [0.4, 0.5) is 26.3 Å². The fourth-order valence-electron chi connectivity index (χ4n) is 3.17. The number of benzene rings is 2. The van der Waals surface area contributed by atoms with Gasteiger partial charge in [-0.25, -0.2) is 9.67 Å². The molecular weight excluding hydrogens is 482 g/mol. The number of rotatable bonds is 5. The van der Waals surface area contributed by atoms with Crippen LogP contribution in [-0.4, -0.2) is 20.7 Å². The van der Waals surface area contributed by atoms with Crippen LogP contribution in [0.25, 0.3) is 16.4 Å². The smallest absolute Gasteiger partial charge is 0.348 e. The lowest BCUT2D eigenvalue weighted by molar-refractivity contribution is -0.143. The number of thiazole rings is 1. The molecule has 5 nitrogen and oxygen atoms in total. The normalized spacial score (nSPS) is 12.1. The zero-order valence-corrected chi connectivity index (χ0v) is 17.8. The highest BCUT2D eigenvalue weighted by atomic mass is 32.1. The van der Waals surface area contributed by atoms with Crippen molar-refractivity contribution in [3.05, 3.63) is 88.6 Å². The summed E-state index contributed by atoms with van der Waals surface area (Å²) in [5.74, 6) is -1.13. The zero-order valence-electron chi connectivity index (χ0n) is 17.0. The van der Waals surface area contributed by atoms with Crippen molar-refractivity contribution in [1.82, 2.24) is 20.1 Å². The highest BCUT2D eigenvalue weighted by molar-refractivity contribution is 7.12. The molecule has 12 heteroatoms. The lowest BCUT2D eigenvalue weighted by Gasteiger charge is -2.12. The van der Waals surface area contributed by atoms with Crippen LogP contribution in [0.2, 0.25) is 0 Å². The Morgan fingerprint density at radius 2 is 1.71 bits per heavy atom. The highest BCUT2D eigenvalue weighted by Gasteiger charge is 2.41. The Morgan fingerprint density at radius 3 is 2.38 bits per heavy atom. The third kappa shape index (κ3) is 4.96. The molecule has 0 fully saturated rings. The fraction of sp³-hybridized carbons (Fsp3) is 0.136. The topological polar surface area (TPSA) is 59.8 Å². The second-order valence-electron chi connectivity index (χ2n) is 7.08. The third-order valence-electron chi connectivity index (χ3n) is 4.73. The second-order valence-corrected chi connectivity index (χ2v) is 7.92. The molecule has 0 bridgehead atoms. The molecule has 4 aromatic rings. The second kappa shape index (κ2) is 8.93. The predicted molar refractivity (Wildman–Crippen MR) is 112 cm³/mol. The Hall–Kier alpha value is -3.67. The maximum Gasteiger partial charge on any atom is 0.434 e. The van der Waals surface area contributed by atoms with Crippen molar-refractivity contribution >= 4 is 17.2 Å². The number of carbonyl (C=O) groups is 1. The van der Waals surface area contributed by atoms with E-state index in [-0.39, 0.29) is 10.7 Å². The number of aromatic nitrogens is 3.